The van der Waals surface area contributed by atoms with E-state index in [0.29, 0.717) is 16.4 Å². The van der Waals surface area contributed by atoms with E-state index in [9.17, 15) is 18.0 Å². The van der Waals surface area contributed by atoms with Crippen LogP contribution in [0.1, 0.15) is 60.0 Å². The molecule has 3 aromatic carbocycles. The molecular weight excluding hydrogens is 525 g/mol. The molecule has 0 atom stereocenters. The van der Waals surface area contributed by atoms with Gasteiger partial charge in [-0.3, -0.25) is 0 Å². The predicted molar refractivity (Wildman–Crippen MR) is 147 cm³/mol. The molecule has 8 heteroatoms. The van der Waals surface area contributed by atoms with E-state index in [-0.39, 0.29) is 22.4 Å². The fourth-order valence-corrected chi connectivity index (χ4v) is 7.77. The lowest BCUT2D eigenvalue weighted by Gasteiger charge is -2.57. The summed E-state index contributed by atoms with van der Waals surface area (Å²) in [6.45, 7) is 0. The third-order valence-electron chi connectivity index (χ3n) is 8.77. The monoisotopic (exact) mass is 554 g/mol. The van der Waals surface area contributed by atoms with E-state index in [1.54, 1.807) is 30.3 Å². The number of esters is 1. The average Bonchev–Trinajstić information content (AvgIpc) is 2.88. The Kier molecular flexibility index (Phi) is 6.53. The fourth-order valence-electron chi connectivity index (χ4n) is 7.54. The number of hydrogen-bond acceptors (Lipinski definition) is 4. The molecule has 0 saturated heterocycles. The number of hydrogen-bond donors (Lipinski definition) is 2. The lowest BCUT2D eigenvalue weighted by molar-refractivity contribution is -0.137. The average molecular weight is 555 g/mol. The number of rotatable bonds is 6. The van der Waals surface area contributed by atoms with E-state index in [4.69, 9.17) is 16.3 Å². The first-order valence-electron chi connectivity index (χ1n) is 13.4. The van der Waals surface area contributed by atoms with Gasteiger partial charge in [-0.1, -0.05) is 29.8 Å². The highest BCUT2D eigenvalue weighted by atomic mass is 35.5. The van der Waals surface area contributed by atoms with E-state index in [1.807, 2.05) is 12.1 Å². The van der Waals surface area contributed by atoms with Crippen molar-refractivity contribution in [1.29, 1.82) is 0 Å². The largest absolute Gasteiger partial charge is 0.465 e. The smallest absolute Gasteiger partial charge is 0.416 e. The third kappa shape index (κ3) is 5.09. The number of carbonyl (C=O) groups excluding carboxylic acids is 1. The Morgan fingerprint density at radius 3 is 2.03 bits per heavy atom. The Morgan fingerprint density at radius 1 is 0.872 bits per heavy atom. The zero-order valence-electron chi connectivity index (χ0n) is 21.6. The van der Waals surface area contributed by atoms with Gasteiger partial charge in [-0.2, -0.15) is 13.2 Å². The Balaban J connectivity index is 1.29. The number of ether oxygens (including phenoxy) is 1. The summed E-state index contributed by atoms with van der Waals surface area (Å²) in [5.74, 6) is 1.81. The molecule has 2 N–H and O–H groups in total. The zero-order valence-corrected chi connectivity index (χ0v) is 22.3. The molecule has 4 saturated carbocycles. The van der Waals surface area contributed by atoms with E-state index in [1.165, 1.54) is 51.2 Å². The number of benzene rings is 3. The van der Waals surface area contributed by atoms with Crippen molar-refractivity contribution in [2.24, 2.45) is 17.8 Å². The zero-order chi connectivity index (χ0) is 27.4. The van der Waals surface area contributed by atoms with Gasteiger partial charge in [-0.05, 0) is 110 Å². The van der Waals surface area contributed by atoms with Gasteiger partial charge in [0.2, 0.25) is 0 Å². The molecular formula is C31H30ClF3N2O2. The van der Waals surface area contributed by atoms with Crippen LogP contribution in [0.25, 0.3) is 0 Å². The van der Waals surface area contributed by atoms with Crippen molar-refractivity contribution < 1.29 is 22.7 Å². The van der Waals surface area contributed by atoms with Crippen LogP contribution in [0, 0.1) is 17.8 Å². The second-order valence-electron chi connectivity index (χ2n) is 11.5. The minimum atomic E-state index is -4.57. The summed E-state index contributed by atoms with van der Waals surface area (Å²) >= 11 is 6.74. The summed E-state index contributed by atoms with van der Waals surface area (Å²) in [7, 11) is 1.25. The van der Waals surface area contributed by atoms with Crippen LogP contribution in [0.3, 0.4) is 0 Å². The maximum atomic E-state index is 13.8. The summed E-state index contributed by atoms with van der Waals surface area (Å²) in [6.07, 6.45) is 3.10. The first kappa shape index (κ1) is 26.1. The predicted octanol–water partition coefficient (Wildman–Crippen LogP) is 9.10. The second-order valence-corrected chi connectivity index (χ2v) is 11.9. The number of carbonyl (C=O) groups is 1. The van der Waals surface area contributed by atoms with Crippen molar-refractivity contribution in [1.82, 2.24) is 0 Å². The van der Waals surface area contributed by atoms with Gasteiger partial charge < -0.3 is 15.4 Å². The first-order valence-corrected chi connectivity index (χ1v) is 13.7. The number of anilines is 4. The Morgan fingerprint density at radius 2 is 1.46 bits per heavy atom. The molecule has 0 amide bonds. The minimum Gasteiger partial charge on any atom is -0.465 e. The van der Waals surface area contributed by atoms with Gasteiger partial charge in [0.1, 0.15) is 0 Å². The molecule has 4 bridgehead atoms. The lowest BCUT2D eigenvalue weighted by Crippen LogP contribution is -2.48. The van der Waals surface area contributed by atoms with Crippen molar-refractivity contribution in [2.75, 3.05) is 17.7 Å². The van der Waals surface area contributed by atoms with Crippen LogP contribution in [0.15, 0.2) is 60.7 Å². The number of nitrogens with one attached hydrogen (secondary N) is 2. The summed E-state index contributed by atoms with van der Waals surface area (Å²) in [5.41, 5.74) is 2.11. The van der Waals surface area contributed by atoms with Crippen molar-refractivity contribution in [3.8, 4) is 0 Å². The number of methoxy groups -OCH3 is 1. The highest BCUT2D eigenvalue weighted by Crippen LogP contribution is 2.61. The summed E-state index contributed by atoms with van der Waals surface area (Å²) in [6, 6.07) is 16.1. The highest BCUT2D eigenvalue weighted by Gasteiger charge is 2.51. The van der Waals surface area contributed by atoms with E-state index in [2.05, 4.69) is 16.7 Å². The topological polar surface area (TPSA) is 50.4 Å². The van der Waals surface area contributed by atoms with Crippen molar-refractivity contribution in [3.05, 3.63) is 82.4 Å². The number of halogens is 4. The molecule has 4 nitrogen and oxygen atoms in total. The van der Waals surface area contributed by atoms with Gasteiger partial charge in [0.25, 0.3) is 0 Å². The van der Waals surface area contributed by atoms with Crippen molar-refractivity contribution >= 4 is 40.3 Å². The Hall–Kier alpha value is -3.19. The lowest BCUT2D eigenvalue weighted by atomic mass is 9.48. The number of para-hydroxylation sites is 1. The molecule has 7 rings (SSSR count). The standard InChI is InChI=1S/C31H30ClF3N2O2/c1-39-29(38)25-4-2-3-5-27(25)36-23-11-22(31(33,34)35)12-24(14-23)37-28-7-6-21(13-26(28)32)30-15-18-8-19(16-30)10-20(9-18)17-30/h2-7,11-14,18-20,36-37H,8-10,15-17H2,1H3. The Labute approximate surface area is 230 Å². The van der Waals surface area contributed by atoms with Gasteiger partial charge in [0.05, 0.1) is 34.6 Å². The molecule has 0 aliphatic heterocycles. The first-order chi connectivity index (χ1) is 18.6. The summed E-state index contributed by atoms with van der Waals surface area (Å²) in [4.78, 5) is 12.2. The van der Waals surface area contributed by atoms with Crippen LogP contribution in [0.4, 0.5) is 35.9 Å². The molecule has 3 aromatic rings. The minimum absolute atomic E-state index is 0.171. The maximum absolute atomic E-state index is 13.8. The molecule has 39 heavy (non-hydrogen) atoms. The van der Waals surface area contributed by atoms with E-state index in [0.717, 1.165) is 29.9 Å². The van der Waals surface area contributed by atoms with Gasteiger partial charge in [0, 0.05) is 11.4 Å². The molecule has 4 aliphatic carbocycles. The fraction of sp³-hybridized carbons (Fsp3) is 0.387. The second kappa shape index (κ2) is 9.77. The number of alkyl halides is 3. The maximum Gasteiger partial charge on any atom is 0.416 e. The van der Waals surface area contributed by atoms with Gasteiger partial charge >= 0.3 is 12.1 Å². The van der Waals surface area contributed by atoms with Crippen LogP contribution in [-0.4, -0.2) is 13.1 Å². The SMILES string of the molecule is COC(=O)c1ccccc1Nc1cc(Nc2ccc(C34CC5CC(CC(C5)C3)C4)cc2Cl)cc(C(F)(F)F)c1. The van der Waals surface area contributed by atoms with Crippen LogP contribution in [-0.2, 0) is 16.3 Å². The summed E-state index contributed by atoms with van der Waals surface area (Å²) in [5, 5.41) is 6.54. The molecule has 4 fully saturated rings. The quantitative estimate of drug-likeness (QED) is 0.298. The van der Waals surface area contributed by atoms with Crippen LogP contribution in [0.2, 0.25) is 5.02 Å². The molecule has 0 spiro atoms. The highest BCUT2D eigenvalue weighted by molar-refractivity contribution is 6.33. The van der Waals surface area contributed by atoms with Gasteiger partial charge in [-0.25, -0.2) is 4.79 Å². The molecule has 0 radical (unpaired) electrons. The third-order valence-corrected chi connectivity index (χ3v) is 9.08. The molecule has 4 aliphatic rings. The van der Waals surface area contributed by atoms with E-state index >= 15 is 0 Å². The van der Waals surface area contributed by atoms with Crippen LogP contribution >= 0.6 is 11.6 Å². The van der Waals surface area contributed by atoms with Crippen LogP contribution in [0.5, 0.6) is 0 Å². The molecule has 0 aromatic heterocycles. The van der Waals surface area contributed by atoms with Gasteiger partial charge in [0.15, 0.2) is 0 Å². The molecule has 204 valence electrons. The molecule has 0 unspecified atom stereocenters. The molecule has 0 heterocycles. The summed E-state index contributed by atoms with van der Waals surface area (Å²) < 4.78 is 46.3. The normalized spacial score (nSPS) is 25.4. The van der Waals surface area contributed by atoms with E-state index < -0.39 is 17.7 Å². The van der Waals surface area contributed by atoms with Crippen LogP contribution < -0.4 is 10.6 Å². The Bertz CT molecular complexity index is 1390. The van der Waals surface area contributed by atoms with Crippen molar-refractivity contribution in [2.45, 2.75) is 50.1 Å². The van der Waals surface area contributed by atoms with Crippen molar-refractivity contribution in [3.63, 3.8) is 0 Å². The van der Waals surface area contributed by atoms with Gasteiger partial charge in [-0.15, -0.1) is 0 Å².